The zero-order chi connectivity index (χ0) is 18.1. The summed E-state index contributed by atoms with van der Waals surface area (Å²) in [6.45, 7) is 0. The maximum atomic E-state index is 12.5. The zero-order valence-electron chi connectivity index (χ0n) is 14.3. The molecule has 0 unspecified atom stereocenters. The Bertz CT molecular complexity index is 972. The van der Waals surface area contributed by atoms with Crippen LogP contribution in [0.5, 0.6) is 5.75 Å². The van der Waals surface area contributed by atoms with Crippen molar-refractivity contribution in [1.29, 1.82) is 0 Å². The van der Waals surface area contributed by atoms with Gasteiger partial charge in [0.15, 0.2) is 0 Å². The molecule has 0 atom stereocenters. The number of nitrogens with one attached hydrogen (secondary N) is 3. The number of methoxy groups -OCH3 is 1. The van der Waals surface area contributed by atoms with Crippen LogP contribution in [0.4, 0.5) is 5.69 Å². The van der Waals surface area contributed by atoms with Crippen LogP contribution in [-0.4, -0.2) is 29.9 Å². The molecular weight excluding hydrogens is 330 g/mol. The summed E-state index contributed by atoms with van der Waals surface area (Å²) in [6, 6.07) is 14.6. The molecule has 1 aliphatic rings. The first-order valence-electron chi connectivity index (χ1n) is 8.51. The number of anilines is 1. The molecule has 132 valence electrons. The molecule has 1 aromatic heterocycles. The fourth-order valence-electron chi connectivity index (χ4n) is 2.76. The van der Waals surface area contributed by atoms with E-state index in [9.17, 15) is 9.59 Å². The number of H-pyrrole nitrogens is 1. The van der Waals surface area contributed by atoms with Gasteiger partial charge in [0.2, 0.25) is 0 Å². The van der Waals surface area contributed by atoms with E-state index in [4.69, 9.17) is 4.74 Å². The zero-order valence-corrected chi connectivity index (χ0v) is 14.3. The summed E-state index contributed by atoms with van der Waals surface area (Å²) < 4.78 is 5.19. The Morgan fingerprint density at radius 2 is 1.81 bits per heavy atom. The number of amides is 2. The average molecular weight is 349 g/mol. The summed E-state index contributed by atoms with van der Waals surface area (Å²) in [5, 5.41) is 6.71. The lowest BCUT2D eigenvalue weighted by atomic mass is 10.2. The molecule has 1 aliphatic carbocycles. The van der Waals surface area contributed by atoms with Gasteiger partial charge in [0.05, 0.1) is 7.11 Å². The quantitative estimate of drug-likeness (QED) is 0.661. The van der Waals surface area contributed by atoms with Crippen molar-refractivity contribution in [2.75, 3.05) is 12.4 Å². The third-order valence-corrected chi connectivity index (χ3v) is 4.39. The molecule has 2 amide bonds. The molecule has 6 nitrogen and oxygen atoms in total. The van der Waals surface area contributed by atoms with Gasteiger partial charge >= 0.3 is 0 Å². The minimum Gasteiger partial charge on any atom is -0.497 e. The van der Waals surface area contributed by atoms with Gasteiger partial charge in [-0.25, -0.2) is 0 Å². The fourth-order valence-corrected chi connectivity index (χ4v) is 2.76. The predicted octanol–water partition coefficient (Wildman–Crippen LogP) is 3.32. The molecule has 4 rings (SSSR count). The third-order valence-electron chi connectivity index (χ3n) is 4.39. The summed E-state index contributed by atoms with van der Waals surface area (Å²) in [6.07, 6.45) is 2.10. The first-order valence-corrected chi connectivity index (χ1v) is 8.51. The number of aromatic amines is 1. The third kappa shape index (κ3) is 3.39. The summed E-state index contributed by atoms with van der Waals surface area (Å²) in [7, 11) is 1.60. The Balaban J connectivity index is 1.46. The van der Waals surface area contributed by atoms with E-state index in [-0.39, 0.29) is 11.8 Å². The number of aromatic nitrogens is 1. The van der Waals surface area contributed by atoms with E-state index in [1.165, 1.54) is 0 Å². The number of carbonyl (C=O) groups is 2. The summed E-state index contributed by atoms with van der Waals surface area (Å²) in [4.78, 5) is 27.5. The Kier molecular flexibility index (Phi) is 4.08. The molecule has 2 aromatic carbocycles. The largest absolute Gasteiger partial charge is 0.497 e. The monoisotopic (exact) mass is 349 g/mol. The van der Waals surface area contributed by atoms with Gasteiger partial charge in [-0.05, 0) is 55.3 Å². The second-order valence-electron chi connectivity index (χ2n) is 6.42. The maximum absolute atomic E-state index is 12.5. The summed E-state index contributed by atoms with van der Waals surface area (Å²) >= 11 is 0. The van der Waals surface area contributed by atoms with Crippen molar-refractivity contribution in [3.8, 4) is 5.75 Å². The van der Waals surface area contributed by atoms with Crippen LogP contribution < -0.4 is 15.4 Å². The van der Waals surface area contributed by atoms with Crippen molar-refractivity contribution in [3.63, 3.8) is 0 Å². The van der Waals surface area contributed by atoms with Crippen molar-refractivity contribution in [2.45, 2.75) is 18.9 Å². The number of ether oxygens (including phenoxy) is 1. The van der Waals surface area contributed by atoms with E-state index in [0.717, 1.165) is 29.5 Å². The van der Waals surface area contributed by atoms with Crippen molar-refractivity contribution in [2.24, 2.45) is 0 Å². The van der Waals surface area contributed by atoms with Gasteiger partial charge in [0.25, 0.3) is 11.8 Å². The minimum absolute atomic E-state index is 0.0741. The molecule has 0 spiro atoms. The molecule has 0 bridgehead atoms. The Labute approximate surface area is 150 Å². The number of benzene rings is 2. The molecule has 0 aliphatic heterocycles. The first-order chi connectivity index (χ1) is 12.6. The van der Waals surface area contributed by atoms with Crippen molar-refractivity contribution in [3.05, 3.63) is 59.8 Å². The van der Waals surface area contributed by atoms with Gasteiger partial charge in [0.1, 0.15) is 11.4 Å². The second kappa shape index (κ2) is 6.55. The van der Waals surface area contributed by atoms with Gasteiger partial charge in [-0.1, -0.05) is 0 Å². The van der Waals surface area contributed by atoms with Gasteiger partial charge in [-0.3, -0.25) is 9.59 Å². The summed E-state index contributed by atoms with van der Waals surface area (Å²) in [5.74, 6) is 0.414. The Morgan fingerprint density at radius 3 is 2.50 bits per heavy atom. The van der Waals surface area contributed by atoms with E-state index in [1.807, 2.05) is 18.2 Å². The molecule has 0 radical (unpaired) electrons. The normalized spacial score (nSPS) is 13.4. The highest BCUT2D eigenvalue weighted by atomic mass is 16.5. The Morgan fingerprint density at radius 1 is 1.04 bits per heavy atom. The van der Waals surface area contributed by atoms with E-state index < -0.39 is 0 Å². The van der Waals surface area contributed by atoms with Crippen LogP contribution in [0.15, 0.2) is 48.5 Å². The first kappa shape index (κ1) is 16.2. The molecule has 3 N–H and O–H groups in total. The molecule has 1 fully saturated rings. The Hall–Kier alpha value is -3.28. The van der Waals surface area contributed by atoms with E-state index in [1.54, 1.807) is 37.4 Å². The molecule has 0 saturated heterocycles. The molecular formula is C20H19N3O3. The van der Waals surface area contributed by atoms with Crippen LogP contribution in [0, 0.1) is 0 Å². The number of fused-ring (bicyclic) bond motifs is 1. The minimum atomic E-state index is -0.240. The number of rotatable bonds is 5. The number of carbonyl (C=O) groups excluding carboxylic acids is 2. The number of hydrogen-bond acceptors (Lipinski definition) is 3. The lowest BCUT2D eigenvalue weighted by molar-refractivity contribution is 0.0950. The average Bonchev–Trinajstić information content (AvgIpc) is 3.36. The van der Waals surface area contributed by atoms with Crippen LogP contribution in [0.25, 0.3) is 10.9 Å². The van der Waals surface area contributed by atoms with Crippen LogP contribution in [-0.2, 0) is 0 Å². The molecule has 1 heterocycles. The van der Waals surface area contributed by atoms with Gasteiger partial charge < -0.3 is 20.4 Å². The molecule has 26 heavy (non-hydrogen) atoms. The highest BCUT2D eigenvalue weighted by molar-refractivity contribution is 6.06. The SMILES string of the molecule is COc1ccc2cc(C(=O)Nc3ccc(C(=O)NC4CC4)cc3)[nH]c2c1. The topological polar surface area (TPSA) is 83.2 Å². The van der Waals surface area contributed by atoms with Crippen LogP contribution in [0.1, 0.15) is 33.7 Å². The summed E-state index contributed by atoms with van der Waals surface area (Å²) in [5.41, 5.74) is 2.52. The maximum Gasteiger partial charge on any atom is 0.272 e. The second-order valence-corrected chi connectivity index (χ2v) is 6.42. The molecule has 3 aromatic rings. The standard InChI is InChI=1S/C20H19N3O3/c1-26-16-9-4-13-10-18(23-17(13)11-16)20(25)22-14-5-2-12(3-6-14)19(24)21-15-7-8-15/h2-6,9-11,15,23H,7-8H2,1H3,(H,21,24)(H,22,25). The van der Waals surface area contributed by atoms with Gasteiger partial charge in [-0.15, -0.1) is 0 Å². The van der Waals surface area contributed by atoms with E-state index in [0.29, 0.717) is 23.0 Å². The van der Waals surface area contributed by atoms with Crippen molar-refractivity contribution >= 4 is 28.4 Å². The lowest BCUT2D eigenvalue weighted by Gasteiger charge is -2.06. The molecule has 1 saturated carbocycles. The smallest absolute Gasteiger partial charge is 0.272 e. The van der Waals surface area contributed by atoms with Crippen LogP contribution in [0.2, 0.25) is 0 Å². The van der Waals surface area contributed by atoms with E-state index in [2.05, 4.69) is 15.6 Å². The van der Waals surface area contributed by atoms with Crippen molar-refractivity contribution in [1.82, 2.24) is 10.3 Å². The lowest BCUT2D eigenvalue weighted by Crippen LogP contribution is -2.25. The predicted molar refractivity (Wildman–Crippen MR) is 99.7 cm³/mol. The highest BCUT2D eigenvalue weighted by Gasteiger charge is 2.23. The fraction of sp³-hybridized carbons (Fsp3) is 0.200. The van der Waals surface area contributed by atoms with Gasteiger partial charge in [-0.2, -0.15) is 0 Å². The van der Waals surface area contributed by atoms with Gasteiger partial charge in [0, 0.05) is 34.3 Å². The van der Waals surface area contributed by atoms with Crippen molar-refractivity contribution < 1.29 is 14.3 Å². The molecule has 6 heteroatoms. The van der Waals surface area contributed by atoms with E-state index >= 15 is 0 Å². The number of hydrogen-bond donors (Lipinski definition) is 3. The highest BCUT2D eigenvalue weighted by Crippen LogP contribution is 2.22. The van der Waals surface area contributed by atoms with Crippen LogP contribution in [0.3, 0.4) is 0 Å². The van der Waals surface area contributed by atoms with Crippen LogP contribution >= 0.6 is 0 Å².